The molecule has 0 aromatic rings. The second-order valence-electron chi connectivity index (χ2n) is 2.65. The summed E-state index contributed by atoms with van der Waals surface area (Å²) in [5.74, 6) is 0. The van der Waals surface area contributed by atoms with Crippen LogP contribution in [0.2, 0.25) is 0 Å². The standard InChI is InChI=1S/C6H15O3P/c1-6(2)10(8,9)5-3-4-7/h6-7H,3-5H2,1-2H3,(H,8,9). The van der Waals surface area contributed by atoms with Crippen LogP contribution < -0.4 is 0 Å². The van der Waals surface area contributed by atoms with Crippen molar-refractivity contribution in [1.82, 2.24) is 0 Å². The molecule has 1 atom stereocenters. The minimum Gasteiger partial charge on any atom is -0.396 e. The highest BCUT2D eigenvalue weighted by molar-refractivity contribution is 7.58. The van der Waals surface area contributed by atoms with Crippen LogP contribution in [0.5, 0.6) is 0 Å². The highest BCUT2D eigenvalue weighted by Gasteiger charge is 2.21. The van der Waals surface area contributed by atoms with E-state index in [9.17, 15) is 4.57 Å². The molecule has 0 radical (unpaired) electrons. The molecule has 4 heteroatoms. The minimum atomic E-state index is -2.94. The summed E-state index contributed by atoms with van der Waals surface area (Å²) in [7, 11) is -2.94. The Morgan fingerprint density at radius 2 is 2.00 bits per heavy atom. The Morgan fingerprint density at radius 1 is 1.50 bits per heavy atom. The summed E-state index contributed by atoms with van der Waals surface area (Å²) in [4.78, 5) is 9.17. The van der Waals surface area contributed by atoms with Crippen molar-refractivity contribution in [3.8, 4) is 0 Å². The fourth-order valence-corrected chi connectivity index (χ4v) is 1.67. The summed E-state index contributed by atoms with van der Waals surface area (Å²) in [6.45, 7) is 3.44. The fourth-order valence-electron chi connectivity index (χ4n) is 0.555. The Bertz CT molecular complexity index is 133. The maximum Gasteiger partial charge on any atom is 0.203 e. The van der Waals surface area contributed by atoms with Gasteiger partial charge in [0.25, 0.3) is 0 Å². The molecule has 0 fully saturated rings. The molecular weight excluding hydrogens is 151 g/mol. The van der Waals surface area contributed by atoms with E-state index in [1.165, 1.54) is 0 Å². The van der Waals surface area contributed by atoms with Gasteiger partial charge in [-0.3, -0.25) is 4.57 Å². The van der Waals surface area contributed by atoms with Crippen LogP contribution in [0.1, 0.15) is 20.3 Å². The van der Waals surface area contributed by atoms with Gasteiger partial charge in [0.15, 0.2) is 0 Å². The highest BCUT2D eigenvalue weighted by Crippen LogP contribution is 2.45. The zero-order valence-electron chi connectivity index (χ0n) is 6.45. The Labute approximate surface area is 61.5 Å². The first kappa shape index (κ1) is 10.2. The summed E-state index contributed by atoms with van der Waals surface area (Å²) in [5.41, 5.74) is -0.181. The maximum atomic E-state index is 11.1. The second-order valence-corrected chi connectivity index (χ2v) is 5.64. The molecule has 0 aliphatic carbocycles. The highest BCUT2D eigenvalue weighted by atomic mass is 31.2. The molecule has 1 unspecified atom stereocenters. The van der Waals surface area contributed by atoms with E-state index in [0.717, 1.165) is 0 Å². The van der Waals surface area contributed by atoms with Crippen molar-refractivity contribution in [3.05, 3.63) is 0 Å². The van der Waals surface area contributed by atoms with E-state index in [1.807, 2.05) is 0 Å². The summed E-state index contributed by atoms with van der Waals surface area (Å²) >= 11 is 0. The Morgan fingerprint density at radius 3 is 2.30 bits per heavy atom. The third kappa shape index (κ3) is 3.35. The molecule has 0 heterocycles. The Kier molecular flexibility index (Phi) is 4.18. The number of hydrogen-bond acceptors (Lipinski definition) is 2. The van der Waals surface area contributed by atoms with Crippen molar-refractivity contribution in [1.29, 1.82) is 0 Å². The molecule has 0 aromatic carbocycles. The summed E-state index contributed by atoms with van der Waals surface area (Å²) < 4.78 is 11.1. The average Bonchev–Trinajstić information content (AvgIpc) is 1.84. The fraction of sp³-hybridized carbons (Fsp3) is 1.00. The van der Waals surface area contributed by atoms with Gasteiger partial charge in [0.2, 0.25) is 7.37 Å². The molecule has 0 amide bonds. The molecule has 0 saturated carbocycles. The molecular formula is C6H15O3P. The average molecular weight is 166 g/mol. The van der Waals surface area contributed by atoms with Gasteiger partial charge < -0.3 is 10.00 Å². The van der Waals surface area contributed by atoms with E-state index in [0.29, 0.717) is 6.42 Å². The van der Waals surface area contributed by atoms with E-state index in [1.54, 1.807) is 13.8 Å². The number of hydrogen-bond donors (Lipinski definition) is 2. The van der Waals surface area contributed by atoms with Gasteiger partial charge in [-0.1, -0.05) is 13.8 Å². The van der Waals surface area contributed by atoms with E-state index in [4.69, 9.17) is 10.00 Å². The van der Waals surface area contributed by atoms with Gasteiger partial charge in [0, 0.05) is 18.4 Å². The lowest BCUT2D eigenvalue weighted by Crippen LogP contribution is -2.02. The zero-order chi connectivity index (χ0) is 8.20. The first-order valence-corrected chi connectivity index (χ1v) is 5.34. The van der Waals surface area contributed by atoms with Gasteiger partial charge >= 0.3 is 0 Å². The normalized spacial score (nSPS) is 17.3. The first-order chi connectivity index (χ1) is 4.50. The van der Waals surface area contributed by atoms with Crippen LogP contribution in [0.15, 0.2) is 0 Å². The van der Waals surface area contributed by atoms with E-state index in [2.05, 4.69) is 0 Å². The van der Waals surface area contributed by atoms with Crippen molar-refractivity contribution < 1.29 is 14.6 Å². The van der Waals surface area contributed by atoms with Crippen molar-refractivity contribution in [3.63, 3.8) is 0 Å². The largest absolute Gasteiger partial charge is 0.396 e. The van der Waals surface area contributed by atoms with Crippen LogP contribution in [0.3, 0.4) is 0 Å². The lowest BCUT2D eigenvalue weighted by molar-refractivity contribution is 0.293. The van der Waals surface area contributed by atoms with Gasteiger partial charge in [-0.2, -0.15) is 0 Å². The minimum absolute atomic E-state index is 0.00271. The molecule has 0 spiro atoms. The Hall–Kier alpha value is 0.150. The molecule has 0 aromatic heterocycles. The van der Waals surface area contributed by atoms with Crippen LogP contribution in [0.25, 0.3) is 0 Å². The molecule has 0 aliphatic heterocycles. The van der Waals surface area contributed by atoms with Crippen molar-refractivity contribution in [2.24, 2.45) is 0 Å². The van der Waals surface area contributed by atoms with Crippen molar-refractivity contribution >= 4 is 7.37 Å². The lowest BCUT2D eigenvalue weighted by atomic mass is 10.5. The molecule has 10 heavy (non-hydrogen) atoms. The topological polar surface area (TPSA) is 57.5 Å². The van der Waals surface area contributed by atoms with Crippen molar-refractivity contribution in [2.45, 2.75) is 25.9 Å². The zero-order valence-corrected chi connectivity index (χ0v) is 7.34. The van der Waals surface area contributed by atoms with E-state index < -0.39 is 7.37 Å². The van der Waals surface area contributed by atoms with Gasteiger partial charge in [-0.15, -0.1) is 0 Å². The number of rotatable bonds is 4. The van der Waals surface area contributed by atoms with Crippen LogP contribution in [0.4, 0.5) is 0 Å². The third-order valence-electron chi connectivity index (χ3n) is 1.44. The van der Waals surface area contributed by atoms with E-state index in [-0.39, 0.29) is 18.4 Å². The molecule has 0 saturated heterocycles. The van der Waals surface area contributed by atoms with Crippen LogP contribution in [-0.2, 0) is 4.57 Å². The molecule has 62 valence electrons. The predicted octanol–water partition coefficient (Wildman–Crippen LogP) is 1.05. The van der Waals surface area contributed by atoms with Gasteiger partial charge in [0.05, 0.1) is 0 Å². The van der Waals surface area contributed by atoms with Crippen LogP contribution in [-0.4, -0.2) is 28.4 Å². The Balaban J connectivity index is 3.76. The SMILES string of the molecule is CC(C)P(=O)(O)CCCO. The molecule has 0 bridgehead atoms. The van der Waals surface area contributed by atoms with Gasteiger partial charge in [0.1, 0.15) is 0 Å². The smallest absolute Gasteiger partial charge is 0.203 e. The van der Waals surface area contributed by atoms with Gasteiger partial charge in [-0.05, 0) is 6.42 Å². The molecule has 0 aliphatic rings. The van der Waals surface area contributed by atoms with Gasteiger partial charge in [-0.25, -0.2) is 0 Å². The summed E-state index contributed by atoms with van der Waals surface area (Å²) in [6.07, 6.45) is 0.660. The van der Waals surface area contributed by atoms with Crippen molar-refractivity contribution in [2.75, 3.05) is 12.8 Å². The third-order valence-corrected chi connectivity index (χ3v) is 4.01. The molecule has 3 nitrogen and oxygen atoms in total. The second kappa shape index (κ2) is 4.12. The van der Waals surface area contributed by atoms with Crippen LogP contribution >= 0.6 is 7.37 Å². The quantitative estimate of drug-likeness (QED) is 0.613. The first-order valence-electron chi connectivity index (χ1n) is 3.43. The number of aliphatic hydroxyl groups excluding tert-OH is 1. The molecule has 0 rings (SSSR count). The predicted molar refractivity (Wildman–Crippen MR) is 41.5 cm³/mol. The summed E-state index contributed by atoms with van der Waals surface area (Å²) in [5, 5.41) is 8.38. The monoisotopic (exact) mass is 166 g/mol. The number of aliphatic hydroxyl groups is 1. The molecule has 2 N–H and O–H groups in total. The maximum absolute atomic E-state index is 11.1. The van der Waals surface area contributed by atoms with Crippen LogP contribution in [0, 0.1) is 0 Å². The summed E-state index contributed by atoms with van der Waals surface area (Å²) in [6, 6.07) is 0. The van der Waals surface area contributed by atoms with E-state index >= 15 is 0 Å². The lowest BCUT2D eigenvalue weighted by Gasteiger charge is -2.13.